The number of rotatable bonds is 10. The zero-order chi connectivity index (χ0) is 26.5. The zero-order valence-corrected chi connectivity index (χ0v) is 21.2. The van der Waals surface area contributed by atoms with Crippen LogP contribution in [0.15, 0.2) is 61.6 Å². The van der Waals surface area contributed by atoms with Gasteiger partial charge in [-0.3, -0.25) is 9.36 Å². The molecule has 0 aliphatic carbocycles. The first-order valence-corrected chi connectivity index (χ1v) is 11.5. The van der Waals surface area contributed by atoms with Gasteiger partial charge in [-0.25, -0.2) is 14.4 Å². The molecule has 0 spiro atoms. The van der Waals surface area contributed by atoms with Gasteiger partial charge in [-0.2, -0.15) is 4.98 Å². The number of carbonyl (C=O) groups is 1. The summed E-state index contributed by atoms with van der Waals surface area (Å²) < 4.78 is 21.1. The molecule has 4 aromatic rings. The lowest BCUT2D eigenvalue weighted by molar-refractivity contribution is -0.111. The van der Waals surface area contributed by atoms with Gasteiger partial charge >= 0.3 is 0 Å². The van der Waals surface area contributed by atoms with E-state index in [9.17, 15) is 9.18 Å². The van der Waals surface area contributed by atoms with E-state index in [0.29, 0.717) is 34.0 Å². The Morgan fingerprint density at radius 3 is 2.68 bits per heavy atom. The van der Waals surface area contributed by atoms with Crippen LogP contribution in [0.5, 0.6) is 5.75 Å². The third kappa shape index (κ3) is 5.84. The average molecular weight is 505 g/mol. The van der Waals surface area contributed by atoms with Gasteiger partial charge in [0.1, 0.15) is 23.4 Å². The van der Waals surface area contributed by atoms with Crippen molar-refractivity contribution in [3.05, 3.63) is 67.4 Å². The highest BCUT2D eigenvalue weighted by Crippen LogP contribution is 2.38. The van der Waals surface area contributed by atoms with E-state index in [0.717, 1.165) is 18.8 Å². The van der Waals surface area contributed by atoms with Crippen molar-refractivity contribution in [1.29, 1.82) is 0 Å². The summed E-state index contributed by atoms with van der Waals surface area (Å²) in [5.74, 6) is 0.112. The van der Waals surface area contributed by atoms with Crippen LogP contribution in [0, 0.1) is 5.82 Å². The lowest BCUT2D eigenvalue weighted by Crippen LogP contribution is -2.29. The molecule has 0 aliphatic rings. The van der Waals surface area contributed by atoms with Gasteiger partial charge in [-0.1, -0.05) is 12.6 Å². The molecule has 192 valence electrons. The van der Waals surface area contributed by atoms with Gasteiger partial charge in [0.15, 0.2) is 5.65 Å². The highest BCUT2D eigenvalue weighted by Gasteiger charge is 2.17. The van der Waals surface area contributed by atoms with Crippen molar-refractivity contribution in [1.82, 2.24) is 24.4 Å². The number of carbonyl (C=O) groups excluding carboxylic acids is 1. The summed E-state index contributed by atoms with van der Waals surface area (Å²) >= 11 is 0. The van der Waals surface area contributed by atoms with Gasteiger partial charge < -0.3 is 25.2 Å². The fraction of sp³-hybridized carbons (Fsp3) is 0.231. The van der Waals surface area contributed by atoms with E-state index in [1.165, 1.54) is 18.2 Å². The normalized spacial score (nSPS) is 11.0. The number of aromatic nitrogens is 4. The van der Waals surface area contributed by atoms with Crippen molar-refractivity contribution in [2.24, 2.45) is 0 Å². The van der Waals surface area contributed by atoms with Gasteiger partial charge in [0.2, 0.25) is 11.9 Å². The number of imidazole rings is 1. The van der Waals surface area contributed by atoms with Crippen molar-refractivity contribution in [2.45, 2.75) is 0 Å². The molecule has 0 unspecified atom stereocenters. The third-order valence-corrected chi connectivity index (χ3v) is 5.68. The second-order valence-electron chi connectivity index (χ2n) is 8.61. The maximum atomic E-state index is 13.8. The summed E-state index contributed by atoms with van der Waals surface area (Å²) in [5, 5.41) is 6.05. The standard InChI is InChI=1S/C26H29FN8O2/c1-6-24(36)30-19-13-20(23(37-5)14-22(19)34(4)11-10-33(2)3)31-26-28-15-21-25(32-26)35(16-29-21)18-9-7-8-17(27)12-18/h6-9,12-16H,1,10-11H2,2-5H3,(H,30,36)(H,28,31,32). The van der Waals surface area contributed by atoms with E-state index in [-0.39, 0.29) is 17.7 Å². The maximum absolute atomic E-state index is 13.8. The quantitative estimate of drug-likeness (QED) is 0.315. The summed E-state index contributed by atoms with van der Waals surface area (Å²) in [6, 6.07) is 9.77. The number of hydrogen-bond donors (Lipinski definition) is 2. The second-order valence-corrected chi connectivity index (χ2v) is 8.61. The molecular weight excluding hydrogens is 475 g/mol. The van der Waals surface area contributed by atoms with Gasteiger partial charge in [-0.05, 0) is 44.4 Å². The molecule has 0 aliphatic heterocycles. The number of ether oxygens (including phenoxy) is 1. The number of methoxy groups -OCH3 is 1. The van der Waals surface area contributed by atoms with E-state index in [4.69, 9.17) is 4.74 Å². The van der Waals surface area contributed by atoms with Crippen molar-refractivity contribution in [3.8, 4) is 11.4 Å². The average Bonchev–Trinajstić information content (AvgIpc) is 3.30. The Morgan fingerprint density at radius 2 is 1.97 bits per heavy atom. The number of hydrogen-bond acceptors (Lipinski definition) is 8. The van der Waals surface area contributed by atoms with E-state index in [1.807, 2.05) is 32.1 Å². The Kier molecular flexibility index (Phi) is 7.63. The van der Waals surface area contributed by atoms with Crippen LogP contribution in [0.3, 0.4) is 0 Å². The van der Waals surface area contributed by atoms with Gasteiger partial charge in [0.05, 0.1) is 36.1 Å². The fourth-order valence-electron chi connectivity index (χ4n) is 3.71. The molecule has 4 rings (SSSR count). The summed E-state index contributed by atoms with van der Waals surface area (Å²) in [7, 11) is 7.51. The smallest absolute Gasteiger partial charge is 0.247 e. The molecular formula is C26H29FN8O2. The summed E-state index contributed by atoms with van der Waals surface area (Å²) in [6.07, 6.45) is 4.36. The summed E-state index contributed by atoms with van der Waals surface area (Å²) in [6.45, 7) is 5.10. The molecule has 1 amide bonds. The third-order valence-electron chi connectivity index (χ3n) is 5.68. The van der Waals surface area contributed by atoms with Gasteiger partial charge in [0.25, 0.3) is 0 Å². The number of halogens is 1. The molecule has 2 N–H and O–H groups in total. The van der Waals surface area contributed by atoms with Crippen LogP contribution in [0.1, 0.15) is 0 Å². The number of benzene rings is 2. The topological polar surface area (TPSA) is 100 Å². The minimum atomic E-state index is -0.360. The number of amides is 1. The molecule has 37 heavy (non-hydrogen) atoms. The Morgan fingerprint density at radius 1 is 1.16 bits per heavy atom. The molecule has 2 heterocycles. The van der Waals surface area contributed by atoms with E-state index >= 15 is 0 Å². The molecule has 0 atom stereocenters. The highest BCUT2D eigenvalue weighted by molar-refractivity contribution is 6.02. The predicted octanol–water partition coefficient (Wildman–Crippen LogP) is 3.83. The number of nitrogens with one attached hydrogen (secondary N) is 2. The molecule has 0 saturated heterocycles. The molecule has 0 radical (unpaired) electrons. The first-order chi connectivity index (χ1) is 17.8. The summed E-state index contributed by atoms with van der Waals surface area (Å²) in [5.41, 5.74) is 3.54. The minimum absolute atomic E-state index is 0.277. The van der Waals surface area contributed by atoms with Crippen LogP contribution in [-0.4, -0.2) is 71.7 Å². The minimum Gasteiger partial charge on any atom is -0.494 e. The monoisotopic (exact) mass is 504 g/mol. The largest absolute Gasteiger partial charge is 0.494 e. The van der Waals surface area contributed by atoms with E-state index < -0.39 is 0 Å². The van der Waals surface area contributed by atoms with Crippen LogP contribution >= 0.6 is 0 Å². The van der Waals surface area contributed by atoms with Crippen molar-refractivity contribution in [2.75, 3.05) is 56.9 Å². The Bertz CT molecular complexity index is 1440. The Balaban J connectivity index is 1.72. The number of likely N-dealkylation sites (N-methyl/N-ethyl adjacent to an activating group) is 2. The van der Waals surface area contributed by atoms with Gasteiger partial charge in [-0.15, -0.1) is 0 Å². The van der Waals surface area contributed by atoms with Crippen LogP contribution in [0.2, 0.25) is 0 Å². The van der Waals surface area contributed by atoms with Gasteiger partial charge in [0, 0.05) is 26.2 Å². The highest BCUT2D eigenvalue weighted by atomic mass is 19.1. The van der Waals surface area contributed by atoms with Crippen LogP contribution in [-0.2, 0) is 4.79 Å². The summed E-state index contributed by atoms with van der Waals surface area (Å²) in [4.78, 5) is 29.6. The van der Waals surface area contributed by atoms with Crippen molar-refractivity contribution >= 4 is 40.1 Å². The lowest BCUT2D eigenvalue weighted by Gasteiger charge is -2.25. The number of anilines is 4. The van der Waals surface area contributed by atoms with Crippen molar-refractivity contribution < 1.29 is 13.9 Å². The molecule has 0 bridgehead atoms. The van der Waals surface area contributed by atoms with Crippen LogP contribution < -0.4 is 20.3 Å². The number of nitrogens with zero attached hydrogens (tertiary/aromatic N) is 6. The zero-order valence-electron chi connectivity index (χ0n) is 21.2. The number of fused-ring (bicyclic) bond motifs is 1. The molecule has 2 aromatic carbocycles. The predicted molar refractivity (Wildman–Crippen MR) is 144 cm³/mol. The molecule has 10 nitrogen and oxygen atoms in total. The van der Waals surface area contributed by atoms with E-state index in [2.05, 4.69) is 37.1 Å². The maximum Gasteiger partial charge on any atom is 0.247 e. The molecule has 11 heteroatoms. The van der Waals surface area contributed by atoms with Crippen LogP contribution in [0.4, 0.5) is 27.4 Å². The molecule has 0 saturated carbocycles. The van der Waals surface area contributed by atoms with E-state index in [1.54, 1.807) is 42.4 Å². The Hall–Kier alpha value is -4.51. The molecule has 2 aromatic heterocycles. The van der Waals surface area contributed by atoms with Crippen LogP contribution in [0.25, 0.3) is 16.9 Å². The Labute approximate surface area is 214 Å². The first-order valence-electron chi connectivity index (χ1n) is 11.5. The van der Waals surface area contributed by atoms with Crippen molar-refractivity contribution in [3.63, 3.8) is 0 Å². The first kappa shape index (κ1) is 25.6. The fourth-order valence-corrected chi connectivity index (χ4v) is 3.71. The molecule has 0 fully saturated rings. The lowest BCUT2D eigenvalue weighted by atomic mass is 10.2. The SMILES string of the molecule is C=CC(=O)Nc1cc(Nc2ncc3ncn(-c4cccc(F)c4)c3n2)c(OC)cc1N(C)CCN(C)C. The second kappa shape index (κ2) is 11.0.